The molecule has 0 N–H and O–H groups in total. The van der Waals surface area contributed by atoms with E-state index in [-0.39, 0.29) is 5.88 Å². The highest BCUT2D eigenvalue weighted by atomic mass is 32.3. The van der Waals surface area contributed by atoms with Gasteiger partial charge in [0.2, 0.25) is 5.88 Å². The molecule has 7 heteroatoms. The van der Waals surface area contributed by atoms with Gasteiger partial charge in [-0.1, -0.05) is 3.89 Å². The smallest absolute Gasteiger partial charge is 0.343 e. The van der Waals surface area contributed by atoms with E-state index in [4.69, 9.17) is 0 Å². The molecule has 0 radical (unpaired) electrons. The van der Waals surface area contributed by atoms with E-state index in [2.05, 4.69) is 9.11 Å². The molecule has 1 aromatic heterocycles. The van der Waals surface area contributed by atoms with Crippen molar-refractivity contribution in [1.29, 1.82) is 0 Å². The van der Waals surface area contributed by atoms with Crippen LogP contribution < -0.4 is 4.74 Å². The summed E-state index contributed by atoms with van der Waals surface area (Å²) in [6.07, 6.45) is 0. The zero-order chi connectivity index (χ0) is 8.48. The van der Waals surface area contributed by atoms with Gasteiger partial charge in [-0.2, -0.15) is 12.8 Å². The van der Waals surface area contributed by atoms with Gasteiger partial charge in [0, 0.05) is 6.07 Å². The fraction of sp³-hybridized carbons (Fsp3) is 0.250. The zero-order valence-corrected chi connectivity index (χ0v) is 7.08. The highest BCUT2D eigenvalue weighted by Gasteiger charge is 2.16. The normalized spacial score (nSPS) is 11.5. The lowest BCUT2D eigenvalue weighted by Gasteiger charge is -1.86. The first-order valence-corrected chi connectivity index (χ1v) is 4.65. The van der Waals surface area contributed by atoms with Crippen LogP contribution in [-0.4, -0.2) is 19.9 Å². The van der Waals surface area contributed by atoms with E-state index in [0.717, 1.165) is 6.07 Å². The minimum atomic E-state index is -4.62. The summed E-state index contributed by atoms with van der Waals surface area (Å²) in [6.45, 7) is 0. The topological polar surface area (TPSA) is 56.3 Å². The van der Waals surface area contributed by atoms with Crippen LogP contribution in [0.1, 0.15) is 0 Å². The zero-order valence-electron chi connectivity index (χ0n) is 5.44. The Labute approximate surface area is 67.0 Å². The molecular formula is C4H4FNO3S2. The molecule has 0 aliphatic heterocycles. The molecule has 0 atom stereocenters. The molecule has 0 saturated heterocycles. The first kappa shape index (κ1) is 8.41. The molecule has 1 rings (SSSR count). The molecule has 0 saturated carbocycles. The van der Waals surface area contributed by atoms with Gasteiger partial charge >= 0.3 is 10.2 Å². The molecule has 0 spiro atoms. The third-order valence-electron chi connectivity index (χ3n) is 0.916. The van der Waals surface area contributed by atoms with E-state index in [1.54, 1.807) is 0 Å². The maximum Gasteiger partial charge on any atom is 0.343 e. The molecule has 62 valence electrons. The molecule has 0 fully saturated rings. The average Bonchev–Trinajstić information content (AvgIpc) is 2.32. The third kappa shape index (κ3) is 1.87. The van der Waals surface area contributed by atoms with Gasteiger partial charge in [-0.3, -0.25) is 0 Å². The van der Waals surface area contributed by atoms with Gasteiger partial charge in [0.05, 0.1) is 7.11 Å². The molecule has 1 aromatic rings. The van der Waals surface area contributed by atoms with Gasteiger partial charge in [-0.05, 0) is 11.5 Å². The Balaban J connectivity index is 3.09. The number of rotatable bonds is 2. The number of halogens is 1. The van der Waals surface area contributed by atoms with Crippen LogP contribution in [0.2, 0.25) is 0 Å². The van der Waals surface area contributed by atoms with Gasteiger partial charge in [-0.25, -0.2) is 0 Å². The summed E-state index contributed by atoms with van der Waals surface area (Å²) in [4.78, 5) is 0. The summed E-state index contributed by atoms with van der Waals surface area (Å²) in [5, 5.41) is 0. The number of ether oxygens (including phenoxy) is 1. The van der Waals surface area contributed by atoms with E-state index < -0.39 is 14.4 Å². The molecule has 4 nitrogen and oxygen atoms in total. The molecular weight excluding hydrogens is 193 g/mol. The predicted molar refractivity (Wildman–Crippen MR) is 37.0 cm³/mol. The second kappa shape index (κ2) is 2.74. The molecule has 0 aromatic carbocycles. The molecule has 1 heterocycles. The number of nitrogens with zero attached hydrogens (tertiary/aromatic N) is 1. The standard InChI is InChI=1S/C4H4FNO3S2/c1-9-3-2-4(10-6-3)11(5,7)8/h2H,1H3. The van der Waals surface area contributed by atoms with Crippen LogP contribution in [0.3, 0.4) is 0 Å². The highest BCUT2D eigenvalue weighted by molar-refractivity contribution is 7.88. The minimum absolute atomic E-state index is 0.103. The van der Waals surface area contributed by atoms with Crippen molar-refractivity contribution >= 4 is 21.8 Å². The van der Waals surface area contributed by atoms with Crippen molar-refractivity contribution in [3.8, 4) is 5.88 Å². The SMILES string of the molecule is COc1cc(S(=O)(=O)F)sn1. The van der Waals surface area contributed by atoms with E-state index in [0.29, 0.717) is 11.5 Å². The van der Waals surface area contributed by atoms with Crippen molar-refractivity contribution in [2.24, 2.45) is 0 Å². The molecule has 0 amide bonds. The maximum atomic E-state index is 12.2. The third-order valence-corrected chi connectivity index (χ3v) is 2.90. The summed E-state index contributed by atoms with van der Waals surface area (Å²) in [5.41, 5.74) is 0. The van der Waals surface area contributed by atoms with Crippen molar-refractivity contribution in [3.63, 3.8) is 0 Å². The Morgan fingerprint density at radius 3 is 2.64 bits per heavy atom. The van der Waals surface area contributed by atoms with Crippen LogP contribution in [0.15, 0.2) is 10.3 Å². The predicted octanol–water partition coefficient (Wildman–Crippen LogP) is 0.810. The quantitative estimate of drug-likeness (QED) is 0.658. The lowest BCUT2D eigenvalue weighted by Crippen LogP contribution is -1.86. The molecule has 0 aliphatic carbocycles. The van der Waals surface area contributed by atoms with Gasteiger partial charge in [0.25, 0.3) is 0 Å². The van der Waals surface area contributed by atoms with Gasteiger partial charge in [-0.15, -0.1) is 0 Å². The molecule has 0 aliphatic rings. The fourth-order valence-electron chi connectivity index (χ4n) is 0.455. The number of aromatic nitrogens is 1. The average molecular weight is 197 g/mol. The summed E-state index contributed by atoms with van der Waals surface area (Å²) in [7, 11) is -3.29. The Hall–Kier alpha value is -0.690. The van der Waals surface area contributed by atoms with Gasteiger partial charge < -0.3 is 4.74 Å². The van der Waals surface area contributed by atoms with E-state index >= 15 is 0 Å². The fourth-order valence-corrected chi connectivity index (χ4v) is 1.62. The van der Waals surface area contributed by atoms with Crippen molar-refractivity contribution in [2.75, 3.05) is 7.11 Å². The van der Waals surface area contributed by atoms with Crippen LogP contribution >= 0.6 is 11.5 Å². The summed E-state index contributed by atoms with van der Waals surface area (Å²) in [5.74, 6) is 0.103. The highest BCUT2D eigenvalue weighted by Crippen LogP contribution is 2.22. The van der Waals surface area contributed by atoms with Crippen LogP contribution in [0.5, 0.6) is 5.88 Å². The first-order chi connectivity index (χ1) is 5.04. The summed E-state index contributed by atoms with van der Waals surface area (Å²) in [6, 6.07) is 1.03. The largest absolute Gasteiger partial charge is 0.480 e. The molecule has 0 bridgehead atoms. The number of methoxy groups -OCH3 is 1. The Kier molecular flexibility index (Phi) is 2.10. The van der Waals surface area contributed by atoms with Crippen molar-refractivity contribution in [3.05, 3.63) is 6.07 Å². The van der Waals surface area contributed by atoms with E-state index in [1.807, 2.05) is 0 Å². The first-order valence-electron chi connectivity index (χ1n) is 2.49. The summed E-state index contributed by atoms with van der Waals surface area (Å²) >= 11 is 0.543. The van der Waals surface area contributed by atoms with Crippen LogP contribution in [0.4, 0.5) is 3.89 Å². The molecule has 11 heavy (non-hydrogen) atoms. The van der Waals surface area contributed by atoms with E-state index in [1.165, 1.54) is 7.11 Å². The lowest BCUT2D eigenvalue weighted by molar-refractivity contribution is 0.402. The van der Waals surface area contributed by atoms with Gasteiger partial charge in [0.15, 0.2) is 4.21 Å². The Morgan fingerprint density at radius 1 is 1.73 bits per heavy atom. The van der Waals surface area contributed by atoms with Crippen molar-refractivity contribution < 1.29 is 17.0 Å². The second-order valence-corrected chi connectivity index (χ2v) is 4.01. The maximum absolute atomic E-state index is 12.2. The van der Waals surface area contributed by atoms with Crippen molar-refractivity contribution in [2.45, 2.75) is 4.21 Å². The number of hydrogen-bond donors (Lipinski definition) is 0. The monoisotopic (exact) mass is 197 g/mol. The minimum Gasteiger partial charge on any atom is -0.480 e. The second-order valence-electron chi connectivity index (χ2n) is 1.63. The Bertz CT molecular complexity index is 344. The van der Waals surface area contributed by atoms with Crippen LogP contribution in [-0.2, 0) is 10.2 Å². The van der Waals surface area contributed by atoms with Crippen LogP contribution in [0.25, 0.3) is 0 Å². The molecule has 0 unspecified atom stereocenters. The van der Waals surface area contributed by atoms with Gasteiger partial charge in [0.1, 0.15) is 0 Å². The van der Waals surface area contributed by atoms with Crippen molar-refractivity contribution in [1.82, 2.24) is 4.37 Å². The summed E-state index contributed by atoms with van der Waals surface area (Å²) < 4.78 is 40.2. The lowest BCUT2D eigenvalue weighted by atomic mass is 10.7. The van der Waals surface area contributed by atoms with Crippen LogP contribution in [0, 0.1) is 0 Å². The number of hydrogen-bond acceptors (Lipinski definition) is 5. The Morgan fingerprint density at radius 2 is 2.36 bits per heavy atom. The van der Waals surface area contributed by atoms with E-state index in [9.17, 15) is 12.3 Å².